The van der Waals surface area contributed by atoms with Crippen molar-refractivity contribution in [2.75, 3.05) is 11.9 Å². The summed E-state index contributed by atoms with van der Waals surface area (Å²) < 4.78 is 0. The lowest BCUT2D eigenvalue weighted by atomic mass is 9.93. The SMILES string of the molecule is Cc1ccc(N(C)C2CCCCC2)c(CO)c1. The number of rotatable bonds is 3. The summed E-state index contributed by atoms with van der Waals surface area (Å²) in [6.07, 6.45) is 6.64. The van der Waals surface area contributed by atoms with E-state index in [0.717, 1.165) is 5.56 Å². The normalized spacial score (nSPS) is 17.1. The molecular formula is C15H23NO. The smallest absolute Gasteiger partial charge is 0.0702 e. The number of nitrogens with zero attached hydrogens (tertiary/aromatic N) is 1. The summed E-state index contributed by atoms with van der Waals surface area (Å²) in [4.78, 5) is 2.37. The van der Waals surface area contributed by atoms with E-state index in [1.165, 1.54) is 43.4 Å². The Morgan fingerprint density at radius 2 is 1.94 bits per heavy atom. The second kappa shape index (κ2) is 5.54. The van der Waals surface area contributed by atoms with Crippen molar-refractivity contribution < 1.29 is 5.11 Å². The van der Waals surface area contributed by atoms with Crippen molar-refractivity contribution in [1.29, 1.82) is 0 Å². The fourth-order valence-corrected chi connectivity index (χ4v) is 2.85. The van der Waals surface area contributed by atoms with Gasteiger partial charge in [0.15, 0.2) is 0 Å². The lowest BCUT2D eigenvalue weighted by Crippen LogP contribution is -2.33. The molecule has 0 radical (unpaired) electrons. The number of hydrogen-bond donors (Lipinski definition) is 1. The molecule has 0 unspecified atom stereocenters. The van der Waals surface area contributed by atoms with Gasteiger partial charge in [-0.3, -0.25) is 0 Å². The predicted molar refractivity (Wildman–Crippen MR) is 72.4 cm³/mol. The quantitative estimate of drug-likeness (QED) is 0.866. The van der Waals surface area contributed by atoms with Crippen molar-refractivity contribution in [1.82, 2.24) is 0 Å². The third-order valence-corrected chi connectivity index (χ3v) is 3.91. The molecule has 0 atom stereocenters. The zero-order valence-electron chi connectivity index (χ0n) is 10.9. The molecule has 1 N–H and O–H groups in total. The van der Waals surface area contributed by atoms with Gasteiger partial charge in [-0.2, -0.15) is 0 Å². The Morgan fingerprint density at radius 3 is 2.59 bits per heavy atom. The van der Waals surface area contributed by atoms with Gasteiger partial charge < -0.3 is 10.0 Å². The minimum atomic E-state index is 0.133. The van der Waals surface area contributed by atoms with Gasteiger partial charge in [0.25, 0.3) is 0 Å². The molecule has 1 aliphatic carbocycles. The van der Waals surface area contributed by atoms with Gasteiger partial charge in [0, 0.05) is 24.3 Å². The highest BCUT2D eigenvalue weighted by molar-refractivity contribution is 5.55. The molecular weight excluding hydrogens is 210 g/mol. The molecule has 1 saturated carbocycles. The topological polar surface area (TPSA) is 23.5 Å². The van der Waals surface area contributed by atoms with Crippen molar-refractivity contribution in [3.63, 3.8) is 0 Å². The first-order chi connectivity index (χ1) is 8.22. The molecule has 0 aliphatic heterocycles. The van der Waals surface area contributed by atoms with Crippen LogP contribution in [0.25, 0.3) is 0 Å². The van der Waals surface area contributed by atoms with Gasteiger partial charge in [-0.1, -0.05) is 37.0 Å². The summed E-state index contributed by atoms with van der Waals surface area (Å²) >= 11 is 0. The van der Waals surface area contributed by atoms with Crippen LogP contribution in [-0.4, -0.2) is 18.2 Å². The van der Waals surface area contributed by atoms with E-state index in [4.69, 9.17) is 0 Å². The molecule has 1 aliphatic rings. The minimum Gasteiger partial charge on any atom is -0.392 e. The van der Waals surface area contributed by atoms with Crippen LogP contribution in [0.1, 0.15) is 43.2 Å². The lowest BCUT2D eigenvalue weighted by molar-refractivity contribution is 0.281. The zero-order valence-corrected chi connectivity index (χ0v) is 10.9. The van der Waals surface area contributed by atoms with Crippen LogP contribution in [-0.2, 0) is 6.61 Å². The van der Waals surface area contributed by atoms with Crippen molar-refractivity contribution >= 4 is 5.69 Å². The first kappa shape index (κ1) is 12.4. The maximum atomic E-state index is 9.46. The number of aliphatic hydroxyl groups is 1. The van der Waals surface area contributed by atoms with Crippen LogP contribution in [0, 0.1) is 6.92 Å². The summed E-state index contributed by atoms with van der Waals surface area (Å²) in [6.45, 7) is 2.21. The van der Waals surface area contributed by atoms with E-state index in [1.54, 1.807) is 0 Å². The van der Waals surface area contributed by atoms with Crippen LogP contribution >= 0.6 is 0 Å². The third kappa shape index (κ3) is 2.81. The Labute approximate surface area is 104 Å². The van der Waals surface area contributed by atoms with E-state index in [-0.39, 0.29) is 6.61 Å². The van der Waals surface area contributed by atoms with Gasteiger partial charge in [0.2, 0.25) is 0 Å². The fraction of sp³-hybridized carbons (Fsp3) is 0.600. The first-order valence-electron chi connectivity index (χ1n) is 6.65. The van der Waals surface area contributed by atoms with Crippen LogP contribution in [0.5, 0.6) is 0 Å². The average Bonchev–Trinajstić information content (AvgIpc) is 2.39. The average molecular weight is 233 g/mol. The van der Waals surface area contributed by atoms with Crippen LogP contribution < -0.4 is 4.90 Å². The molecule has 0 amide bonds. The van der Waals surface area contributed by atoms with Crippen LogP contribution in [0.2, 0.25) is 0 Å². The second-order valence-electron chi connectivity index (χ2n) is 5.19. The monoisotopic (exact) mass is 233 g/mol. The van der Waals surface area contributed by atoms with Crippen molar-refractivity contribution in [3.05, 3.63) is 29.3 Å². The molecule has 1 aromatic rings. The van der Waals surface area contributed by atoms with Crippen molar-refractivity contribution in [2.45, 2.75) is 51.7 Å². The number of benzene rings is 1. The van der Waals surface area contributed by atoms with Crippen LogP contribution in [0.15, 0.2) is 18.2 Å². The van der Waals surface area contributed by atoms with E-state index in [0.29, 0.717) is 6.04 Å². The first-order valence-corrected chi connectivity index (χ1v) is 6.65. The Hall–Kier alpha value is -1.02. The summed E-state index contributed by atoms with van der Waals surface area (Å²) in [5, 5.41) is 9.46. The molecule has 0 spiro atoms. The maximum absolute atomic E-state index is 9.46. The highest BCUT2D eigenvalue weighted by atomic mass is 16.3. The third-order valence-electron chi connectivity index (χ3n) is 3.91. The van der Waals surface area contributed by atoms with Crippen LogP contribution in [0.4, 0.5) is 5.69 Å². The Balaban J connectivity index is 2.19. The number of anilines is 1. The molecule has 0 heterocycles. The molecule has 1 fully saturated rings. The maximum Gasteiger partial charge on any atom is 0.0702 e. The molecule has 1 aromatic carbocycles. The van der Waals surface area contributed by atoms with E-state index in [9.17, 15) is 5.11 Å². The molecule has 2 heteroatoms. The molecule has 0 saturated heterocycles. The van der Waals surface area contributed by atoms with E-state index >= 15 is 0 Å². The zero-order chi connectivity index (χ0) is 12.3. The number of hydrogen-bond acceptors (Lipinski definition) is 2. The van der Waals surface area contributed by atoms with Gasteiger partial charge in [-0.25, -0.2) is 0 Å². The van der Waals surface area contributed by atoms with Gasteiger partial charge in [-0.15, -0.1) is 0 Å². The minimum absolute atomic E-state index is 0.133. The largest absolute Gasteiger partial charge is 0.392 e. The van der Waals surface area contributed by atoms with Crippen LogP contribution in [0.3, 0.4) is 0 Å². The summed E-state index contributed by atoms with van der Waals surface area (Å²) in [5.41, 5.74) is 3.47. The highest BCUT2D eigenvalue weighted by Gasteiger charge is 2.19. The highest BCUT2D eigenvalue weighted by Crippen LogP contribution is 2.29. The number of aryl methyl sites for hydroxylation is 1. The molecule has 94 valence electrons. The molecule has 0 aromatic heterocycles. The van der Waals surface area contributed by atoms with E-state index < -0.39 is 0 Å². The van der Waals surface area contributed by atoms with E-state index in [1.807, 2.05) is 0 Å². The molecule has 0 bridgehead atoms. The molecule has 2 nitrogen and oxygen atoms in total. The van der Waals surface area contributed by atoms with Gasteiger partial charge in [0.1, 0.15) is 0 Å². The van der Waals surface area contributed by atoms with Gasteiger partial charge in [-0.05, 0) is 25.8 Å². The number of aliphatic hydroxyl groups excluding tert-OH is 1. The Morgan fingerprint density at radius 1 is 1.24 bits per heavy atom. The van der Waals surface area contributed by atoms with E-state index in [2.05, 4.69) is 37.1 Å². The second-order valence-corrected chi connectivity index (χ2v) is 5.19. The van der Waals surface area contributed by atoms with Crippen molar-refractivity contribution in [3.8, 4) is 0 Å². The van der Waals surface area contributed by atoms with Gasteiger partial charge >= 0.3 is 0 Å². The Kier molecular flexibility index (Phi) is 4.06. The predicted octanol–water partition coefficient (Wildman–Crippen LogP) is 3.26. The summed E-state index contributed by atoms with van der Waals surface area (Å²) in [6, 6.07) is 7.02. The lowest BCUT2D eigenvalue weighted by Gasteiger charge is -2.34. The van der Waals surface area contributed by atoms with Gasteiger partial charge in [0.05, 0.1) is 6.61 Å². The Bertz CT molecular complexity index is 369. The molecule has 2 rings (SSSR count). The standard InChI is InChI=1S/C15H23NO/c1-12-8-9-15(13(10-12)11-17)16(2)14-6-4-3-5-7-14/h8-10,14,17H,3-7,11H2,1-2H3. The summed E-state index contributed by atoms with van der Waals surface area (Å²) in [5.74, 6) is 0. The molecule has 17 heavy (non-hydrogen) atoms. The van der Waals surface area contributed by atoms with Crippen molar-refractivity contribution in [2.24, 2.45) is 0 Å². The fourth-order valence-electron chi connectivity index (χ4n) is 2.85. The summed E-state index contributed by atoms with van der Waals surface area (Å²) in [7, 11) is 2.17.